The minimum absolute atomic E-state index is 0.509. The molecule has 0 aromatic heterocycles. The lowest BCUT2D eigenvalue weighted by atomic mass is 9.89. The third kappa shape index (κ3) is 5.94. The Morgan fingerprint density at radius 1 is 0.310 bits per heavy atom. The van der Waals surface area contributed by atoms with Gasteiger partial charge in [0.25, 0.3) is 0 Å². The summed E-state index contributed by atoms with van der Waals surface area (Å²) in [7, 11) is 0. The molecule has 4 heteroatoms. The van der Waals surface area contributed by atoms with E-state index < -0.39 is 0 Å². The van der Waals surface area contributed by atoms with Crippen LogP contribution in [0.1, 0.15) is 44.5 Å². The van der Waals surface area contributed by atoms with Gasteiger partial charge in [-0.15, -0.1) is 0 Å². The fourth-order valence-electron chi connectivity index (χ4n) is 5.94. The van der Waals surface area contributed by atoms with Crippen molar-refractivity contribution in [2.45, 2.75) is 52.9 Å². The van der Waals surface area contributed by atoms with E-state index in [0.717, 1.165) is 55.6 Å². The number of fused-ring (bicyclic) bond motifs is 12. The molecule has 9 rings (SSSR count). The van der Waals surface area contributed by atoms with Crippen LogP contribution in [0.5, 0.6) is 0 Å². The van der Waals surface area contributed by atoms with E-state index in [1.54, 1.807) is 0 Å². The summed E-state index contributed by atoms with van der Waals surface area (Å²) in [4.78, 5) is 0. The van der Waals surface area contributed by atoms with Gasteiger partial charge in [-0.25, -0.2) is 0 Å². The van der Waals surface area contributed by atoms with Gasteiger partial charge in [-0.2, -0.15) is 0 Å². The Kier molecular flexibility index (Phi) is 7.94. The van der Waals surface area contributed by atoms with Crippen LogP contribution in [-0.2, 0) is 71.8 Å². The molecule has 5 aromatic carbocycles. The molecule has 210 valence electrons. The average molecular weight is 555 g/mol. The molecular weight excluding hydrogens is 520 g/mol. The summed E-state index contributed by atoms with van der Waals surface area (Å²) in [6.45, 7) is 4.23. The van der Waals surface area contributed by atoms with Crippen molar-refractivity contribution in [1.82, 2.24) is 0 Å². The molecule has 0 radical (unpaired) electrons. The molecule has 0 atom stereocenters. The van der Waals surface area contributed by atoms with Crippen molar-refractivity contribution in [3.05, 3.63) is 154 Å². The number of rotatable bonds is 0. The Labute approximate surface area is 247 Å². The topological polar surface area (TPSA) is 36.9 Å². The molecule has 0 saturated heterocycles. The Hall–Kier alpha value is -4.06. The van der Waals surface area contributed by atoms with E-state index in [1.165, 1.54) is 11.1 Å². The molecule has 42 heavy (non-hydrogen) atoms. The van der Waals surface area contributed by atoms with Gasteiger partial charge in [0.05, 0.1) is 52.9 Å². The normalized spacial score (nSPS) is 15.4. The van der Waals surface area contributed by atoms with Crippen molar-refractivity contribution < 1.29 is 18.9 Å². The van der Waals surface area contributed by atoms with E-state index in [2.05, 4.69) is 109 Å². The SMILES string of the molecule is c1cc2cc(c1)-c1c3cccc1COCc1ccc(cc1)COCc1cccc(c1-2)COCc1ccc(cc1)COC3. The molecular formula is C38H34O4. The fourth-order valence-corrected chi connectivity index (χ4v) is 5.94. The van der Waals surface area contributed by atoms with Crippen LogP contribution in [-0.4, -0.2) is 0 Å². The first kappa shape index (κ1) is 26.8. The summed E-state index contributed by atoms with van der Waals surface area (Å²) in [5, 5.41) is 0. The largest absolute Gasteiger partial charge is 0.372 e. The molecule has 5 aromatic rings. The fraction of sp³-hybridized carbons (Fsp3) is 0.211. The highest BCUT2D eigenvalue weighted by molar-refractivity contribution is 5.79. The molecule has 0 fully saturated rings. The molecule has 0 unspecified atom stereocenters. The maximum Gasteiger partial charge on any atom is 0.0727 e. The maximum absolute atomic E-state index is 6.29. The van der Waals surface area contributed by atoms with E-state index in [0.29, 0.717) is 52.9 Å². The van der Waals surface area contributed by atoms with Crippen LogP contribution in [0, 0.1) is 0 Å². The van der Waals surface area contributed by atoms with Gasteiger partial charge in [0.15, 0.2) is 0 Å². The monoisotopic (exact) mass is 554 g/mol. The third-order valence-corrected chi connectivity index (χ3v) is 8.07. The predicted molar refractivity (Wildman–Crippen MR) is 164 cm³/mol. The van der Waals surface area contributed by atoms with Gasteiger partial charge in [0, 0.05) is 0 Å². The highest BCUT2D eigenvalue weighted by Gasteiger charge is 2.17. The van der Waals surface area contributed by atoms with Crippen LogP contribution in [0.2, 0.25) is 0 Å². The molecule has 4 aliphatic heterocycles. The first-order chi connectivity index (χ1) is 20.8. The van der Waals surface area contributed by atoms with Gasteiger partial charge in [-0.1, -0.05) is 103 Å². The smallest absolute Gasteiger partial charge is 0.0727 e. The first-order valence-electron chi connectivity index (χ1n) is 14.6. The molecule has 0 amide bonds. The molecule has 0 N–H and O–H groups in total. The summed E-state index contributed by atoms with van der Waals surface area (Å²) in [5.74, 6) is 0. The van der Waals surface area contributed by atoms with Crippen LogP contribution >= 0.6 is 0 Å². The molecule has 0 saturated carbocycles. The second kappa shape index (κ2) is 12.4. The zero-order chi connectivity index (χ0) is 28.1. The third-order valence-electron chi connectivity index (χ3n) is 8.07. The molecule has 0 aliphatic carbocycles. The maximum atomic E-state index is 6.29. The van der Waals surface area contributed by atoms with Crippen molar-refractivity contribution >= 4 is 0 Å². The lowest BCUT2D eigenvalue weighted by Crippen LogP contribution is -2.03. The zero-order valence-electron chi connectivity index (χ0n) is 23.7. The standard InChI is InChI=1S/C38H34O4/c1-4-31-18-32(5-1)38-35-8-3-9-36(38)26-42-22-30-16-12-28(13-17-30)20-40-24-34-7-2-6-33(37(31)34)23-39-19-27-10-14-29(15-11-27)21-41-25-35/h1-18H,19-26H2. The van der Waals surface area contributed by atoms with Crippen molar-refractivity contribution in [2.75, 3.05) is 0 Å². The van der Waals surface area contributed by atoms with Crippen molar-refractivity contribution in [2.24, 2.45) is 0 Å². The number of hydrogen-bond donors (Lipinski definition) is 0. The minimum atomic E-state index is 0.509. The highest BCUT2D eigenvalue weighted by Crippen LogP contribution is 2.36. The van der Waals surface area contributed by atoms with Gasteiger partial charge >= 0.3 is 0 Å². The molecule has 4 nitrogen and oxygen atoms in total. The first-order valence-corrected chi connectivity index (χ1v) is 14.6. The Morgan fingerprint density at radius 3 is 0.905 bits per heavy atom. The summed E-state index contributed by atoms with van der Waals surface area (Å²) < 4.78 is 25.2. The molecule has 0 spiro atoms. The summed E-state index contributed by atoms with van der Waals surface area (Å²) in [6, 6.07) is 38.8. The van der Waals surface area contributed by atoms with Crippen LogP contribution in [0.15, 0.2) is 109 Å². The Balaban J connectivity index is 1.39. The highest BCUT2D eigenvalue weighted by atomic mass is 16.5. The summed E-state index contributed by atoms with van der Waals surface area (Å²) in [5.41, 5.74) is 13.8. The van der Waals surface area contributed by atoms with Gasteiger partial charge in [0.2, 0.25) is 0 Å². The van der Waals surface area contributed by atoms with Crippen LogP contribution < -0.4 is 0 Å². The number of benzene rings is 5. The zero-order valence-corrected chi connectivity index (χ0v) is 23.7. The second-order valence-electron chi connectivity index (χ2n) is 11.1. The van der Waals surface area contributed by atoms with Crippen molar-refractivity contribution in [3.8, 4) is 22.3 Å². The average Bonchev–Trinajstić information content (AvgIpc) is 3.02. The van der Waals surface area contributed by atoms with Gasteiger partial charge in [-0.05, 0) is 72.8 Å². The Morgan fingerprint density at radius 2 is 0.595 bits per heavy atom. The predicted octanol–water partition coefficient (Wildman–Crippen LogP) is 8.51. The van der Waals surface area contributed by atoms with Crippen LogP contribution in [0.25, 0.3) is 22.3 Å². The van der Waals surface area contributed by atoms with Crippen molar-refractivity contribution in [1.29, 1.82) is 0 Å². The van der Waals surface area contributed by atoms with Gasteiger partial charge < -0.3 is 18.9 Å². The van der Waals surface area contributed by atoms with E-state index in [4.69, 9.17) is 18.9 Å². The van der Waals surface area contributed by atoms with Crippen LogP contribution in [0.4, 0.5) is 0 Å². The van der Waals surface area contributed by atoms with Gasteiger partial charge in [0.1, 0.15) is 0 Å². The van der Waals surface area contributed by atoms with Crippen molar-refractivity contribution in [3.63, 3.8) is 0 Å². The summed E-state index contributed by atoms with van der Waals surface area (Å²) >= 11 is 0. The quantitative estimate of drug-likeness (QED) is 0.192. The lowest BCUT2D eigenvalue weighted by molar-refractivity contribution is 0.102. The van der Waals surface area contributed by atoms with Gasteiger partial charge in [-0.3, -0.25) is 0 Å². The summed E-state index contributed by atoms with van der Waals surface area (Å²) in [6.07, 6.45) is 0. The lowest BCUT2D eigenvalue weighted by Gasteiger charge is -2.19. The number of ether oxygens (including phenoxy) is 4. The molecule has 4 aliphatic rings. The van der Waals surface area contributed by atoms with E-state index >= 15 is 0 Å². The van der Waals surface area contributed by atoms with Crippen LogP contribution in [0.3, 0.4) is 0 Å². The molecule has 4 heterocycles. The van der Waals surface area contributed by atoms with E-state index in [-0.39, 0.29) is 0 Å². The second-order valence-corrected chi connectivity index (χ2v) is 11.1. The molecule has 8 bridgehead atoms. The van der Waals surface area contributed by atoms with E-state index in [1.807, 2.05) is 0 Å². The van der Waals surface area contributed by atoms with E-state index in [9.17, 15) is 0 Å². The number of hydrogen-bond acceptors (Lipinski definition) is 4. The minimum Gasteiger partial charge on any atom is -0.372 e. The Bertz CT molecular complexity index is 1450.